The Hall–Kier alpha value is -0.540. The quantitative estimate of drug-likeness (QED) is 0.851. The summed E-state index contributed by atoms with van der Waals surface area (Å²) in [5.41, 5.74) is 0.904. The molecular weight excluding hydrogens is 314 g/mol. The van der Waals surface area contributed by atoms with Crippen LogP contribution in [-0.4, -0.2) is 12.5 Å². The first-order chi connectivity index (χ1) is 8.56. The van der Waals surface area contributed by atoms with Gasteiger partial charge in [0.25, 0.3) is 5.91 Å². The maximum absolute atomic E-state index is 12.1. The molecule has 1 saturated carbocycles. The lowest BCUT2D eigenvalue weighted by Gasteiger charge is -2.15. The zero-order valence-corrected chi connectivity index (χ0v) is 12.8. The van der Waals surface area contributed by atoms with Crippen LogP contribution in [0, 0.1) is 5.41 Å². The molecule has 0 heterocycles. The van der Waals surface area contributed by atoms with Gasteiger partial charge in [-0.3, -0.25) is 4.79 Å². The molecule has 98 valence electrons. The van der Waals surface area contributed by atoms with Crippen LogP contribution in [0.2, 0.25) is 5.02 Å². The maximum atomic E-state index is 12.1. The summed E-state index contributed by atoms with van der Waals surface area (Å²) >= 11 is 9.39. The van der Waals surface area contributed by atoms with E-state index in [0.29, 0.717) is 16.0 Å². The number of carbonyl (C=O) groups excluding carboxylic acids is 1. The summed E-state index contributed by atoms with van der Waals surface area (Å²) < 4.78 is 0.867. The Balaban J connectivity index is 1.98. The van der Waals surface area contributed by atoms with Crippen LogP contribution in [0.15, 0.2) is 22.7 Å². The first-order valence-corrected chi connectivity index (χ1v) is 7.47. The normalized spacial score (nSPS) is 16.4. The van der Waals surface area contributed by atoms with Crippen molar-refractivity contribution in [3.63, 3.8) is 0 Å². The molecule has 0 unspecified atom stereocenters. The smallest absolute Gasteiger partial charge is 0.252 e. The lowest BCUT2D eigenvalue weighted by molar-refractivity contribution is 0.0944. The van der Waals surface area contributed by atoms with Gasteiger partial charge in [0.2, 0.25) is 0 Å². The van der Waals surface area contributed by atoms with Gasteiger partial charge in [0.05, 0.1) is 10.6 Å². The minimum Gasteiger partial charge on any atom is -0.351 e. The van der Waals surface area contributed by atoms with E-state index >= 15 is 0 Å². The highest BCUT2D eigenvalue weighted by Crippen LogP contribution is 2.48. The van der Waals surface area contributed by atoms with Gasteiger partial charge in [-0.05, 0) is 42.9 Å². The molecule has 1 aromatic rings. The molecule has 2 nitrogen and oxygen atoms in total. The van der Waals surface area contributed by atoms with Gasteiger partial charge in [-0.1, -0.05) is 40.9 Å². The molecular formula is C14H17BrClNO. The molecule has 0 bridgehead atoms. The zero-order valence-electron chi connectivity index (χ0n) is 10.4. The second-order valence-electron chi connectivity index (χ2n) is 5.06. The van der Waals surface area contributed by atoms with Gasteiger partial charge < -0.3 is 5.32 Å². The van der Waals surface area contributed by atoms with Crippen LogP contribution in [0.25, 0.3) is 0 Å². The molecule has 0 radical (unpaired) electrons. The Morgan fingerprint density at radius 1 is 1.50 bits per heavy atom. The van der Waals surface area contributed by atoms with Gasteiger partial charge in [-0.25, -0.2) is 0 Å². The molecule has 18 heavy (non-hydrogen) atoms. The summed E-state index contributed by atoms with van der Waals surface area (Å²) in [4.78, 5) is 12.1. The van der Waals surface area contributed by atoms with E-state index < -0.39 is 0 Å². The minimum absolute atomic E-state index is 0.0799. The summed E-state index contributed by atoms with van der Waals surface area (Å²) in [6.07, 6.45) is 4.83. The number of benzene rings is 1. The van der Waals surface area contributed by atoms with E-state index in [2.05, 4.69) is 28.2 Å². The molecule has 4 heteroatoms. The average Bonchev–Trinajstić information content (AvgIpc) is 3.10. The molecule has 1 aromatic carbocycles. The molecule has 1 aliphatic rings. The monoisotopic (exact) mass is 329 g/mol. The summed E-state index contributed by atoms with van der Waals surface area (Å²) in [6.45, 7) is 2.95. The van der Waals surface area contributed by atoms with Gasteiger partial charge >= 0.3 is 0 Å². The van der Waals surface area contributed by atoms with Crippen molar-refractivity contribution in [1.82, 2.24) is 5.32 Å². The van der Waals surface area contributed by atoms with Crippen LogP contribution in [-0.2, 0) is 0 Å². The molecule has 1 amide bonds. The number of rotatable bonds is 5. The second kappa shape index (κ2) is 5.62. The van der Waals surface area contributed by atoms with Crippen molar-refractivity contribution in [1.29, 1.82) is 0 Å². The predicted molar refractivity (Wildman–Crippen MR) is 78.1 cm³/mol. The van der Waals surface area contributed by atoms with Crippen LogP contribution in [0.4, 0.5) is 0 Å². The molecule has 0 atom stereocenters. The standard InChI is InChI=1S/C14H17BrClNO/c1-2-5-14(6-7-14)9-17-13(18)11-8-10(15)3-4-12(11)16/h3-4,8H,2,5-7,9H2,1H3,(H,17,18). The topological polar surface area (TPSA) is 29.1 Å². The van der Waals surface area contributed by atoms with E-state index in [9.17, 15) is 4.79 Å². The van der Waals surface area contributed by atoms with Gasteiger partial charge in [0.1, 0.15) is 0 Å². The third-order valence-electron chi connectivity index (χ3n) is 3.53. The van der Waals surface area contributed by atoms with E-state index in [1.165, 1.54) is 25.7 Å². The van der Waals surface area contributed by atoms with E-state index in [0.717, 1.165) is 11.0 Å². The minimum atomic E-state index is -0.0799. The molecule has 1 N–H and O–H groups in total. The highest BCUT2D eigenvalue weighted by Gasteiger charge is 2.41. The van der Waals surface area contributed by atoms with E-state index in [4.69, 9.17) is 11.6 Å². The van der Waals surface area contributed by atoms with Crippen LogP contribution in [0.3, 0.4) is 0 Å². The molecule has 2 rings (SSSR count). The van der Waals surface area contributed by atoms with Crippen LogP contribution >= 0.6 is 27.5 Å². The highest BCUT2D eigenvalue weighted by molar-refractivity contribution is 9.10. The Morgan fingerprint density at radius 2 is 2.22 bits per heavy atom. The van der Waals surface area contributed by atoms with Gasteiger partial charge in [0.15, 0.2) is 0 Å². The van der Waals surface area contributed by atoms with Crippen LogP contribution < -0.4 is 5.32 Å². The Morgan fingerprint density at radius 3 is 2.83 bits per heavy atom. The predicted octanol–water partition coefficient (Wildman–Crippen LogP) is 4.41. The van der Waals surface area contributed by atoms with E-state index in [1.807, 2.05) is 6.07 Å². The van der Waals surface area contributed by atoms with Crippen LogP contribution in [0.1, 0.15) is 43.0 Å². The van der Waals surface area contributed by atoms with Crippen molar-refractivity contribution in [2.24, 2.45) is 5.41 Å². The largest absolute Gasteiger partial charge is 0.351 e. The molecule has 1 aliphatic carbocycles. The molecule has 0 aliphatic heterocycles. The summed E-state index contributed by atoms with van der Waals surface area (Å²) in [6, 6.07) is 5.33. The van der Waals surface area contributed by atoms with Gasteiger partial charge in [0, 0.05) is 11.0 Å². The number of carbonyl (C=O) groups is 1. The number of hydrogen-bond donors (Lipinski definition) is 1. The van der Waals surface area contributed by atoms with Gasteiger partial charge in [-0.15, -0.1) is 0 Å². The van der Waals surface area contributed by atoms with Gasteiger partial charge in [-0.2, -0.15) is 0 Å². The molecule has 0 aromatic heterocycles. The SMILES string of the molecule is CCCC1(CNC(=O)c2cc(Br)ccc2Cl)CC1. The average molecular weight is 331 g/mol. The van der Waals surface area contributed by atoms with E-state index in [1.54, 1.807) is 12.1 Å². The van der Waals surface area contributed by atoms with E-state index in [-0.39, 0.29) is 5.91 Å². The molecule has 1 fully saturated rings. The van der Waals surface area contributed by atoms with Crippen molar-refractivity contribution in [3.8, 4) is 0 Å². The lowest BCUT2D eigenvalue weighted by Crippen LogP contribution is -2.30. The Kier molecular flexibility index (Phi) is 4.33. The Labute approximate surface area is 121 Å². The third-order valence-corrected chi connectivity index (χ3v) is 4.36. The summed E-state index contributed by atoms with van der Waals surface area (Å²) in [5, 5.41) is 3.51. The fourth-order valence-electron chi connectivity index (χ4n) is 2.26. The van der Waals surface area contributed by atoms with Crippen molar-refractivity contribution in [3.05, 3.63) is 33.3 Å². The fourth-order valence-corrected chi connectivity index (χ4v) is 2.82. The second-order valence-corrected chi connectivity index (χ2v) is 6.38. The third kappa shape index (κ3) is 3.27. The summed E-state index contributed by atoms with van der Waals surface area (Å²) in [7, 11) is 0. The summed E-state index contributed by atoms with van der Waals surface area (Å²) in [5.74, 6) is -0.0799. The van der Waals surface area contributed by atoms with Crippen LogP contribution in [0.5, 0.6) is 0 Å². The molecule has 0 saturated heterocycles. The Bertz CT molecular complexity index is 457. The van der Waals surface area contributed by atoms with Crippen molar-refractivity contribution >= 4 is 33.4 Å². The zero-order chi connectivity index (χ0) is 13.2. The number of amides is 1. The van der Waals surface area contributed by atoms with Crippen molar-refractivity contribution in [2.45, 2.75) is 32.6 Å². The van der Waals surface area contributed by atoms with Crippen molar-refractivity contribution in [2.75, 3.05) is 6.54 Å². The first kappa shape index (κ1) is 13.9. The van der Waals surface area contributed by atoms with Crippen molar-refractivity contribution < 1.29 is 4.79 Å². The lowest BCUT2D eigenvalue weighted by atomic mass is 10.0. The first-order valence-electron chi connectivity index (χ1n) is 6.29. The number of halogens is 2. The number of nitrogens with one attached hydrogen (secondary N) is 1. The highest BCUT2D eigenvalue weighted by atomic mass is 79.9. The molecule has 0 spiro atoms. The fraction of sp³-hybridized carbons (Fsp3) is 0.500. The maximum Gasteiger partial charge on any atom is 0.252 e. The number of hydrogen-bond acceptors (Lipinski definition) is 1.